The van der Waals surface area contributed by atoms with Crippen LogP contribution >= 0.6 is 11.3 Å². The van der Waals surface area contributed by atoms with Crippen LogP contribution in [-0.4, -0.2) is 58.5 Å². The molecular weight excluding hydrogens is 500 g/mol. The Balaban J connectivity index is 1.41. The van der Waals surface area contributed by atoms with Crippen LogP contribution in [0.5, 0.6) is 0 Å². The zero-order valence-electron chi connectivity index (χ0n) is 22.0. The minimum atomic E-state index is -0.883. The number of nitrogens with one attached hydrogen (secondary N) is 1. The molecule has 0 bridgehead atoms. The third-order valence-electron chi connectivity index (χ3n) is 6.67. The van der Waals surface area contributed by atoms with Crippen molar-refractivity contribution in [1.29, 1.82) is 5.26 Å². The summed E-state index contributed by atoms with van der Waals surface area (Å²) >= 11 is 1.53. The Morgan fingerprint density at radius 2 is 2.00 bits per heavy atom. The van der Waals surface area contributed by atoms with Gasteiger partial charge in [-0.05, 0) is 71.7 Å². The fourth-order valence-corrected chi connectivity index (χ4v) is 5.94. The van der Waals surface area contributed by atoms with Gasteiger partial charge in [0.2, 0.25) is 0 Å². The lowest BCUT2D eigenvalue weighted by Crippen LogP contribution is -2.55. The number of carbonyl (C=O) groups is 1. The average molecular weight is 531 g/mol. The highest BCUT2D eigenvalue weighted by Gasteiger charge is 2.43. The number of fused-ring (bicyclic) bond motifs is 1. The Morgan fingerprint density at radius 3 is 2.66 bits per heavy atom. The lowest BCUT2D eigenvalue weighted by molar-refractivity contribution is 0.0338. The van der Waals surface area contributed by atoms with Crippen LogP contribution in [0.15, 0.2) is 36.7 Å². The number of nitrogens with zero attached hydrogens (tertiary/aromatic N) is 7. The molecule has 1 aliphatic carbocycles. The van der Waals surface area contributed by atoms with E-state index in [9.17, 15) is 15.2 Å². The molecule has 5 rings (SSSR count). The van der Waals surface area contributed by atoms with Crippen molar-refractivity contribution in [2.75, 3.05) is 5.32 Å². The van der Waals surface area contributed by atoms with Crippen molar-refractivity contribution in [2.45, 2.75) is 71.0 Å². The molecule has 0 unspecified atom stereocenters. The van der Waals surface area contributed by atoms with Crippen molar-refractivity contribution in [3.05, 3.63) is 47.2 Å². The topological polar surface area (TPSA) is 132 Å². The lowest BCUT2D eigenvalue weighted by atomic mass is 9.78. The van der Waals surface area contributed by atoms with Crippen molar-refractivity contribution in [3.63, 3.8) is 0 Å². The highest BCUT2D eigenvalue weighted by atomic mass is 32.1. The van der Waals surface area contributed by atoms with E-state index in [1.165, 1.54) is 11.3 Å². The molecule has 1 aliphatic rings. The number of amides is 1. The summed E-state index contributed by atoms with van der Waals surface area (Å²) in [5, 5.41) is 37.4. The Morgan fingerprint density at radius 1 is 1.24 bits per heavy atom. The first kappa shape index (κ1) is 25.6. The fraction of sp³-hybridized carbons (Fsp3) is 0.407. The molecule has 0 radical (unpaired) electrons. The van der Waals surface area contributed by atoms with E-state index in [4.69, 9.17) is 4.98 Å². The molecule has 196 valence electrons. The van der Waals surface area contributed by atoms with Gasteiger partial charge in [0.05, 0.1) is 34.2 Å². The molecule has 1 saturated carbocycles. The molecule has 2 N–H and O–H groups in total. The molecule has 10 nitrogen and oxygen atoms in total. The maximum Gasteiger partial charge on any atom is 0.407 e. The fourth-order valence-electron chi connectivity index (χ4n) is 4.95. The molecule has 1 amide bonds. The smallest absolute Gasteiger partial charge is 0.407 e. The van der Waals surface area contributed by atoms with Gasteiger partial charge in [-0.15, -0.1) is 10.2 Å². The van der Waals surface area contributed by atoms with E-state index in [-0.39, 0.29) is 18.0 Å². The third-order valence-corrected chi connectivity index (χ3v) is 7.79. The first-order valence-electron chi connectivity index (χ1n) is 12.6. The molecule has 4 aromatic heterocycles. The van der Waals surface area contributed by atoms with Crippen LogP contribution in [0.4, 0.5) is 10.5 Å². The predicted octanol–water partition coefficient (Wildman–Crippen LogP) is 5.63. The van der Waals surface area contributed by atoms with E-state index in [2.05, 4.69) is 40.5 Å². The molecule has 0 saturated heterocycles. The Kier molecular flexibility index (Phi) is 6.53. The molecule has 38 heavy (non-hydrogen) atoms. The summed E-state index contributed by atoms with van der Waals surface area (Å²) < 4.78 is 1.77. The number of nitriles is 1. The molecule has 4 heterocycles. The number of pyridine rings is 1. The van der Waals surface area contributed by atoms with Crippen molar-refractivity contribution in [3.8, 4) is 28.0 Å². The number of aromatic nitrogens is 5. The second-order valence-corrected chi connectivity index (χ2v) is 11.9. The van der Waals surface area contributed by atoms with Crippen molar-refractivity contribution in [2.24, 2.45) is 0 Å². The van der Waals surface area contributed by atoms with E-state index < -0.39 is 11.6 Å². The van der Waals surface area contributed by atoms with Gasteiger partial charge in [0.25, 0.3) is 0 Å². The molecule has 0 aliphatic heterocycles. The van der Waals surface area contributed by atoms with Crippen LogP contribution in [0.1, 0.15) is 63.9 Å². The first-order valence-corrected chi connectivity index (χ1v) is 13.4. The Bertz CT molecular complexity index is 1540. The van der Waals surface area contributed by atoms with Crippen molar-refractivity contribution >= 4 is 28.6 Å². The average Bonchev–Trinajstić information content (AvgIpc) is 3.46. The van der Waals surface area contributed by atoms with Gasteiger partial charge in [0.1, 0.15) is 11.1 Å². The SMILES string of the molecule is CC(C)Nc1cc(-c2ccc3cc(C#N)cnn23)ncc1-c1nnc(C2CC(N(C(=O)O)C(C)(C)C)C2)s1. The number of hydrogen-bond donors (Lipinski definition) is 2. The van der Waals surface area contributed by atoms with Crippen molar-refractivity contribution < 1.29 is 9.90 Å². The first-order chi connectivity index (χ1) is 18.0. The molecule has 0 atom stereocenters. The minimum absolute atomic E-state index is 0.0151. The van der Waals surface area contributed by atoms with Gasteiger partial charge in [-0.25, -0.2) is 9.31 Å². The third kappa shape index (κ3) is 4.79. The van der Waals surface area contributed by atoms with Crippen molar-refractivity contribution in [1.82, 2.24) is 29.7 Å². The van der Waals surface area contributed by atoms with Crippen LogP contribution in [-0.2, 0) is 0 Å². The summed E-state index contributed by atoms with van der Waals surface area (Å²) in [6.45, 7) is 9.92. The number of carboxylic acid groups (broad SMARTS) is 1. The van der Waals surface area contributed by atoms with Crippen LogP contribution in [0.25, 0.3) is 27.5 Å². The molecule has 11 heteroatoms. The molecule has 0 spiro atoms. The highest BCUT2D eigenvalue weighted by molar-refractivity contribution is 7.14. The van der Waals surface area contributed by atoms with Gasteiger partial charge in [0.15, 0.2) is 5.01 Å². The standard InChI is InChI=1S/C27H30N8O2S/c1-15(2)31-21-11-22(23-7-6-18-8-16(12-28)13-30-35(18)23)29-14-20(21)25-33-32-24(38-25)17-9-19(10-17)34(26(36)37)27(3,4)5/h6-8,11,13-15,17,19H,9-10H2,1-5H3,(H,29,31)(H,36,37). The molecule has 0 aromatic carbocycles. The summed E-state index contributed by atoms with van der Waals surface area (Å²) in [4.78, 5) is 18.1. The lowest BCUT2D eigenvalue weighted by Gasteiger charge is -2.46. The predicted molar refractivity (Wildman–Crippen MR) is 146 cm³/mol. The summed E-state index contributed by atoms with van der Waals surface area (Å²) in [6.07, 6.45) is 3.96. The normalized spacial score (nSPS) is 17.3. The molecule has 4 aromatic rings. The Hall–Kier alpha value is -4.04. The van der Waals surface area contributed by atoms with E-state index in [0.717, 1.165) is 51.0 Å². The van der Waals surface area contributed by atoms with Crippen LogP contribution in [0.2, 0.25) is 0 Å². The number of anilines is 1. The van der Waals surface area contributed by atoms with Crippen LogP contribution in [0, 0.1) is 11.3 Å². The largest absolute Gasteiger partial charge is 0.465 e. The Labute approximate surface area is 225 Å². The van der Waals surface area contributed by atoms with Gasteiger partial charge in [-0.2, -0.15) is 10.4 Å². The number of rotatable bonds is 6. The second-order valence-electron chi connectivity index (χ2n) is 10.9. The van der Waals surface area contributed by atoms with E-state index in [1.807, 2.05) is 45.2 Å². The van der Waals surface area contributed by atoms with Gasteiger partial charge in [-0.3, -0.25) is 4.98 Å². The maximum absolute atomic E-state index is 11.8. The van der Waals surface area contributed by atoms with E-state index in [1.54, 1.807) is 21.7 Å². The minimum Gasteiger partial charge on any atom is -0.465 e. The molecule has 1 fully saturated rings. The number of hydrogen-bond acceptors (Lipinski definition) is 8. The van der Waals surface area contributed by atoms with E-state index >= 15 is 0 Å². The van der Waals surface area contributed by atoms with Gasteiger partial charge in [0, 0.05) is 35.4 Å². The second kappa shape index (κ2) is 9.68. The zero-order chi connectivity index (χ0) is 27.2. The van der Waals surface area contributed by atoms with Gasteiger partial charge < -0.3 is 15.3 Å². The summed E-state index contributed by atoms with van der Waals surface area (Å²) in [5.41, 5.74) is 4.21. The van der Waals surface area contributed by atoms with Gasteiger partial charge >= 0.3 is 6.09 Å². The maximum atomic E-state index is 11.8. The molecular formula is C27H30N8O2S. The zero-order valence-corrected chi connectivity index (χ0v) is 22.8. The van der Waals surface area contributed by atoms with E-state index in [0.29, 0.717) is 5.56 Å². The highest BCUT2D eigenvalue weighted by Crippen LogP contribution is 2.44. The van der Waals surface area contributed by atoms with Crippen LogP contribution in [0.3, 0.4) is 0 Å². The van der Waals surface area contributed by atoms with Gasteiger partial charge in [-0.1, -0.05) is 11.3 Å². The quantitative estimate of drug-likeness (QED) is 0.328. The summed E-state index contributed by atoms with van der Waals surface area (Å²) in [7, 11) is 0. The summed E-state index contributed by atoms with van der Waals surface area (Å²) in [6, 6.07) is 9.94. The summed E-state index contributed by atoms with van der Waals surface area (Å²) in [5.74, 6) is 0.195. The van der Waals surface area contributed by atoms with Crippen LogP contribution < -0.4 is 5.32 Å². The monoisotopic (exact) mass is 530 g/mol.